The first-order valence-electron chi connectivity index (χ1n) is 5.72. The lowest BCUT2D eigenvalue weighted by molar-refractivity contribution is 0.0943. The van der Waals surface area contributed by atoms with Crippen molar-refractivity contribution in [2.24, 2.45) is 7.05 Å². The van der Waals surface area contributed by atoms with Crippen LogP contribution < -0.4 is 5.32 Å². The van der Waals surface area contributed by atoms with Crippen molar-refractivity contribution in [3.8, 4) is 0 Å². The molecule has 0 bridgehead atoms. The number of carbonyl (C=O) groups excluding carboxylic acids is 1. The van der Waals surface area contributed by atoms with Gasteiger partial charge in [-0.1, -0.05) is 24.3 Å². The summed E-state index contributed by atoms with van der Waals surface area (Å²) < 4.78 is 2.71. The van der Waals surface area contributed by atoms with Gasteiger partial charge in [0.15, 0.2) is 0 Å². The third kappa shape index (κ3) is 2.82. The van der Waals surface area contributed by atoms with Gasteiger partial charge in [-0.3, -0.25) is 4.79 Å². The Morgan fingerprint density at radius 1 is 1.39 bits per heavy atom. The van der Waals surface area contributed by atoms with Crippen LogP contribution in [0.2, 0.25) is 0 Å². The van der Waals surface area contributed by atoms with Gasteiger partial charge in [-0.2, -0.15) is 0 Å². The molecule has 4 heteroatoms. The third-order valence-electron chi connectivity index (χ3n) is 2.90. The smallest absolute Gasteiger partial charge is 0.268 e. The van der Waals surface area contributed by atoms with Crippen molar-refractivity contribution >= 4 is 21.8 Å². The minimum atomic E-state index is -0.0635. The van der Waals surface area contributed by atoms with E-state index >= 15 is 0 Å². The Morgan fingerprint density at radius 3 is 2.72 bits per heavy atom. The number of hydrogen-bond acceptors (Lipinski definition) is 1. The molecule has 94 valence electrons. The second kappa shape index (κ2) is 5.40. The van der Waals surface area contributed by atoms with Gasteiger partial charge in [-0.15, -0.1) is 0 Å². The Labute approximate surface area is 115 Å². The molecule has 0 atom stereocenters. The van der Waals surface area contributed by atoms with E-state index in [2.05, 4.69) is 21.2 Å². The average molecular weight is 307 g/mol. The van der Waals surface area contributed by atoms with Gasteiger partial charge in [0.25, 0.3) is 5.91 Å². The summed E-state index contributed by atoms with van der Waals surface area (Å²) in [6.07, 6.45) is 1.86. The van der Waals surface area contributed by atoms with Gasteiger partial charge in [-0.05, 0) is 40.0 Å². The number of benzene rings is 1. The second-order valence-electron chi connectivity index (χ2n) is 4.26. The van der Waals surface area contributed by atoms with Crippen LogP contribution in [0, 0.1) is 6.92 Å². The Kier molecular flexibility index (Phi) is 3.87. The molecular formula is C14H15BrN2O. The molecule has 1 aromatic carbocycles. The fourth-order valence-corrected chi connectivity index (χ4v) is 2.35. The highest BCUT2D eigenvalue weighted by Gasteiger charge is 2.10. The Balaban J connectivity index is 2.05. The van der Waals surface area contributed by atoms with Gasteiger partial charge in [0, 0.05) is 24.3 Å². The van der Waals surface area contributed by atoms with Crippen LogP contribution in [0.25, 0.3) is 0 Å². The summed E-state index contributed by atoms with van der Waals surface area (Å²) >= 11 is 3.36. The van der Waals surface area contributed by atoms with Crippen LogP contribution in [0.4, 0.5) is 0 Å². The Bertz CT molecular complexity index is 575. The van der Waals surface area contributed by atoms with E-state index in [0.29, 0.717) is 12.2 Å². The molecule has 1 heterocycles. The van der Waals surface area contributed by atoms with Gasteiger partial charge in [0.05, 0.1) is 0 Å². The van der Waals surface area contributed by atoms with Crippen LogP contribution in [0.5, 0.6) is 0 Å². The first kappa shape index (κ1) is 12.9. The number of rotatable bonds is 3. The number of nitrogens with zero attached hydrogens (tertiary/aromatic N) is 1. The van der Waals surface area contributed by atoms with E-state index < -0.39 is 0 Å². The SMILES string of the molecule is Cc1ccccc1CNC(=O)c1cc(Br)cn1C. The fraction of sp³-hybridized carbons (Fsp3) is 0.214. The van der Waals surface area contributed by atoms with Gasteiger partial charge in [0.2, 0.25) is 0 Å². The maximum absolute atomic E-state index is 12.0. The molecule has 0 unspecified atom stereocenters. The molecule has 0 spiro atoms. The summed E-state index contributed by atoms with van der Waals surface area (Å²) in [6, 6.07) is 9.85. The molecule has 3 nitrogen and oxygen atoms in total. The van der Waals surface area contributed by atoms with Gasteiger partial charge >= 0.3 is 0 Å². The van der Waals surface area contributed by atoms with Crippen LogP contribution in [0.3, 0.4) is 0 Å². The maximum Gasteiger partial charge on any atom is 0.268 e. The summed E-state index contributed by atoms with van der Waals surface area (Å²) in [4.78, 5) is 12.0. The summed E-state index contributed by atoms with van der Waals surface area (Å²) in [7, 11) is 1.85. The zero-order chi connectivity index (χ0) is 13.1. The number of carbonyl (C=O) groups is 1. The van der Waals surface area contributed by atoms with Crippen molar-refractivity contribution < 1.29 is 4.79 Å². The monoisotopic (exact) mass is 306 g/mol. The minimum Gasteiger partial charge on any atom is -0.347 e. The third-order valence-corrected chi connectivity index (χ3v) is 3.34. The molecule has 2 rings (SSSR count). The van der Waals surface area contributed by atoms with Crippen molar-refractivity contribution in [2.45, 2.75) is 13.5 Å². The Morgan fingerprint density at radius 2 is 2.11 bits per heavy atom. The molecule has 0 aliphatic carbocycles. The van der Waals surface area contributed by atoms with Crippen molar-refractivity contribution in [1.29, 1.82) is 0 Å². The highest BCUT2D eigenvalue weighted by atomic mass is 79.9. The molecule has 0 saturated carbocycles. The topological polar surface area (TPSA) is 34.0 Å². The lowest BCUT2D eigenvalue weighted by atomic mass is 10.1. The summed E-state index contributed by atoms with van der Waals surface area (Å²) in [5.74, 6) is -0.0635. The fourth-order valence-electron chi connectivity index (χ4n) is 1.82. The molecule has 0 fully saturated rings. The zero-order valence-corrected chi connectivity index (χ0v) is 12.0. The van der Waals surface area contributed by atoms with E-state index in [4.69, 9.17) is 0 Å². The molecule has 1 amide bonds. The first-order valence-corrected chi connectivity index (χ1v) is 6.52. The zero-order valence-electron chi connectivity index (χ0n) is 10.4. The van der Waals surface area contributed by atoms with Crippen LogP contribution >= 0.6 is 15.9 Å². The number of amides is 1. The molecule has 0 saturated heterocycles. The maximum atomic E-state index is 12.0. The largest absolute Gasteiger partial charge is 0.347 e. The van der Waals surface area contributed by atoms with Crippen LogP contribution in [-0.2, 0) is 13.6 Å². The summed E-state index contributed by atoms with van der Waals surface area (Å²) in [5, 5.41) is 2.93. The van der Waals surface area contributed by atoms with Gasteiger partial charge in [-0.25, -0.2) is 0 Å². The minimum absolute atomic E-state index is 0.0635. The molecule has 0 radical (unpaired) electrons. The van der Waals surface area contributed by atoms with E-state index in [1.165, 1.54) is 5.56 Å². The van der Waals surface area contributed by atoms with E-state index in [0.717, 1.165) is 10.0 Å². The lowest BCUT2D eigenvalue weighted by Crippen LogP contribution is -2.25. The van der Waals surface area contributed by atoms with Crippen LogP contribution in [0.15, 0.2) is 41.0 Å². The van der Waals surface area contributed by atoms with E-state index in [-0.39, 0.29) is 5.91 Å². The number of aromatic nitrogens is 1. The number of hydrogen-bond donors (Lipinski definition) is 1. The van der Waals surface area contributed by atoms with Crippen molar-refractivity contribution in [3.63, 3.8) is 0 Å². The van der Waals surface area contributed by atoms with Crippen LogP contribution in [0.1, 0.15) is 21.6 Å². The van der Waals surface area contributed by atoms with Crippen LogP contribution in [-0.4, -0.2) is 10.5 Å². The van der Waals surface area contributed by atoms with Gasteiger partial charge < -0.3 is 9.88 Å². The number of aryl methyl sites for hydroxylation is 2. The Hall–Kier alpha value is -1.55. The van der Waals surface area contributed by atoms with Gasteiger partial charge in [0.1, 0.15) is 5.69 Å². The van der Waals surface area contributed by atoms with Crippen molar-refractivity contribution in [1.82, 2.24) is 9.88 Å². The highest BCUT2D eigenvalue weighted by Crippen LogP contribution is 2.14. The predicted octanol–water partition coefficient (Wildman–Crippen LogP) is 3.03. The van der Waals surface area contributed by atoms with E-state index in [9.17, 15) is 4.79 Å². The summed E-state index contributed by atoms with van der Waals surface area (Å²) in [5.41, 5.74) is 2.97. The van der Waals surface area contributed by atoms with E-state index in [1.807, 2.05) is 50.5 Å². The van der Waals surface area contributed by atoms with Crippen molar-refractivity contribution in [2.75, 3.05) is 0 Å². The molecule has 1 N–H and O–H groups in total. The standard InChI is InChI=1S/C14H15BrN2O/c1-10-5-3-4-6-11(10)8-16-14(18)13-7-12(15)9-17(13)2/h3-7,9H,8H2,1-2H3,(H,16,18). The van der Waals surface area contributed by atoms with Crippen molar-refractivity contribution in [3.05, 3.63) is 57.8 Å². The molecule has 1 aromatic heterocycles. The number of halogens is 1. The lowest BCUT2D eigenvalue weighted by Gasteiger charge is -2.08. The molecule has 0 aliphatic heterocycles. The van der Waals surface area contributed by atoms with E-state index in [1.54, 1.807) is 4.57 Å². The highest BCUT2D eigenvalue weighted by molar-refractivity contribution is 9.10. The summed E-state index contributed by atoms with van der Waals surface area (Å²) in [6.45, 7) is 2.59. The first-order chi connectivity index (χ1) is 8.58. The molecular weight excluding hydrogens is 292 g/mol. The predicted molar refractivity (Wildman–Crippen MR) is 75.5 cm³/mol. The number of nitrogens with one attached hydrogen (secondary N) is 1. The molecule has 18 heavy (non-hydrogen) atoms. The quantitative estimate of drug-likeness (QED) is 0.929. The second-order valence-corrected chi connectivity index (χ2v) is 5.18. The average Bonchev–Trinajstić information content (AvgIpc) is 2.67. The molecule has 2 aromatic rings. The normalized spacial score (nSPS) is 10.4. The molecule has 0 aliphatic rings.